The van der Waals surface area contributed by atoms with Crippen LogP contribution in [-0.4, -0.2) is 23.1 Å². The Labute approximate surface area is 93.6 Å². The predicted molar refractivity (Wildman–Crippen MR) is 60.5 cm³/mol. The number of pyridine rings is 1. The molecule has 15 heavy (non-hydrogen) atoms. The smallest absolute Gasteiger partial charge is 0.155 e. The van der Waals surface area contributed by atoms with Gasteiger partial charge in [0, 0.05) is 19.7 Å². The molecule has 0 aliphatic rings. The Morgan fingerprint density at radius 3 is 3.07 bits per heavy atom. The van der Waals surface area contributed by atoms with Gasteiger partial charge < -0.3 is 9.14 Å². The summed E-state index contributed by atoms with van der Waals surface area (Å²) >= 11 is 6.06. The molecule has 0 aliphatic heterocycles. The molecular formula is C11H13ClN2O. The number of methoxy groups -OCH3 is 1. The Morgan fingerprint density at radius 1 is 1.53 bits per heavy atom. The molecule has 0 amide bonds. The van der Waals surface area contributed by atoms with Crippen molar-refractivity contribution < 1.29 is 4.74 Å². The van der Waals surface area contributed by atoms with Gasteiger partial charge in [-0.15, -0.1) is 0 Å². The highest BCUT2D eigenvalue weighted by Crippen LogP contribution is 2.19. The molecule has 80 valence electrons. The van der Waals surface area contributed by atoms with Crippen LogP contribution in [0.5, 0.6) is 0 Å². The zero-order valence-corrected chi connectivity index (χ0v) is 9.58. The van der Waals surface area contributed by atoms with Gasteiger partial charge in [0.15, 0.2) is 5.15 Å². The first kappa shape index (κ1) is 10.5. The lowest BCUT2D eigenvalue weighted by atomic mass is 10.3. The lowest BCUT2D eigenvalue weighted by Crippen LogP contribution is -2.00. The highest BCUT2D eigenvalue weighted by Gasteiger charge is 2.08. The van der Waals surface area contributed by atoms with E-state index in [1.807, 2.05) is 29.7 Å². The normalized spacial score (nSPS) is 11.1. The third-order valence-corrected chi connectivity index (χ3v) is 2.64. The molecule has 2 aromatic rings. The summed E-state index contributed by atoms with van der Waals surface area (Å²) in [4.78, 5) is 4.32. The number of aryl methyl sites for hydroxylation is 1. The van der Waals surface area contributed by atoms with Gasteiger partial charge in [-0.2, -0.15) is 0 Å². The van der Waals surface area contributed by atoms with E-state index in [1.54, 1.807) is 7.11 Å². The van der Waals surface area contributed by atoms with E-state index in [0.29, 0.717) is 11.8 Å². The average Bonchev–Trinajstić information content (AvgIpc) is 2.53. The van der Waals surface area contributed by atoms with Gasteiger partial charge in [-0.25, -0.2) is 4.98 Å². The molecular weight excluding hydrogens is 212 g/mol. The minimum atomic E-state index is 0.560. The van der Waals surface area contributed by atoms with Crippen LogP contribution in [0.25, 0.3) is 5.52 Å². The minimum Gasteiger partial charge on any atom is -0.384 e. The topological polar surface area (TPSA) is 26.5 Å². The minimum absolute atomic E-state index is 0.560. The van der Waals surface area contributed by atoms with Crippen molar-refractivity contribution in [2.45, 2.75) is 13.3 Å². The number of hydrogen-bond donors (Lipinski definition) is 0. The maximum Gasteiger partial charge on any atom is 0.155 e. The number of halogens is 1. The molecule has 0 saturated carbocycles. The molecule has 3 nitrogen and oxygen atoms in total. The fourth-order valence-corrected chi connectivity index (χ4v) is 1.83. The standard InChI is InChI=1S/C11H13ClN2O/c1-8-3-5-14-9(7-8)11(12)13-10(14)4-6-15-2/h3,5,7H,4,6H2,1-2H3. The van der Waals surface area contributed by atoms with E-state index < -0.39 is 0 Å². The number of rotatable bonds is 3. The maximum absolute atomic E-state index is 6.06. The maximum atomic E-state index is 6.06. The van der Waals surface area contributed by atoms with Crippen LogP contribution in [0.2, 0.25) is 5.15 Å². The molecule has 0 bridgehead atoms. The molecule has 0 N–H and O–H groups in total. The monoisotopic (exact) mass is 224 g/mol. The van der Waals surface area contributed by atoms with Gasteiger partial charge in [-0.3, -0.25) is 0 Å². The quantitative estimate of drug-likeness (QED) is 0.801. The summed E-state index contributed by atoms with van der Waals surface area (Å²) in [5.41, 5.74) is 2.14. The van der Waals surface area contributed by atoms with Crippen molar-refractivity contribution in [3.63, 3.8) is 0 Å². The van der Waals surface area contributed by atoms with E-state index >= 15 is 0 Å². The molecule has 0 unspecified atom stereocenters. The van der Waals surface area contributed by atoms with Gasteiger partial charge in [0.2, 0.25) is 0 Å². The second kappa shape index (κ2) is 4.21. The number of aromatic nitrogens is 2. The van der Waals surface area contributed by atoms with E-state index in [9.17, 15) is 0 Å². The van der Waals surface area contributed by atoms with Crippen molar-refractivity contribution >= 4 is 17.1 Å². The van der Waals surface area contributed by atoms with Gasteiger partial charge in [0.1, 0.15) is 5.82 Å². The van der Waals surface area contributed by atoms with Gasteiger partial charge in [0.05, 0.1) is 12.1 Å². The number of nitrogens with zero attached hydrogens (tertiary/aromatic N) is 2. The molecule has 0 spiro atoms. The fourth-order valence-electron chi connectivity index (χ4n) is 1.58. The summed E-state index contributed by atoms with van der Waals surface area (Å²) in [7, 11) is 1.68. The molecule has 0 aliphatic carbocycles. The third kappa shape index (κ3) is 1.98. The van der Waals surface area contributed by atoms with E-state index in [1.165, 1.54) is 5.56 Å². The van der Waals surface area contributed by atoms with Crippen molar-refractivity contribution in [2.24, 2.45) is 0 Å². The van der Waals surface area contributed by atoms with E-state index in [0.717, 1.165) is 17.8 Å². The first-order valence-corrected chi connectivity index (χ1v) is 5.22. The molecule has 0 atom stereocenters. The average molecular weight is 225 g/mol. The summed E-state index contributed by atoms with van der Waals surface area (Å²) in [5.74, 6) is 0.942. The van der Waals surface area contributed by atoms with Crippen LogP contribution in [0.15, 0.2) is 18.3 Å². The molecule has 4 heteroatoms. The fraction of sp³-hybridized carbons (Fsp3) is 0.364. The van der Waals surface area contributed by atoms with Crippen molar-refractivity contribution in [1.29, 1.82) is 0 Å². The van der Waals surface area contributed by atoms with E-state index in [4.69, 9.17) is 16.3 Å². The second-order valence-electron chi connectivity index (χ2n) is 3.52. The van der Waals surface area contributed by atoms with Gasteiger partial charge in [0.25, 0.3) is 0 Å². The molecule has 2 heterocycles. The molecule has 0 saturated heterocycles. The summed E-state index contributed by atoms with van der Waals surface area (Å²) in [6.45, 7) is 2.70. The number of ether oxygens (including phenoxy) is 1. The van der Waals surface area contributed by atoms with Crippen LogP contribution in [0, 0.1) is 6.92 Å². The molecule has 0 radical (unpaired) electrons. The zero-order chi connectivity index (χ0) is 10.8. The largest absolute Gasteiger partial charge is 0.384 e. The molecule has 2 rings (SSSR count). The highest BCUT2D eigenvalue weighted by atomic mass is 35.5. The first-order chi connectivity index (χ1) is 7.22. The summed E-state index contributed by atoms with van der Waals surface area (Å²) < 4.78 is 7.04. The Bertz CT molecular complexity index is 479. The zero-order valence-electron chi connectivity index (χ0n) is 8.83. The number of imidazole rings is 1. The SMILES string of the molecule is COCCc1nc(Cl)c2cc(C)ccn12. The highest BCUT2D eigenvalue weighted by molar-refractivity contribution is 6.32. The van der Waals surface area contributed by atoms with Crippen LogP contribution in [-0.2, 0) is 11.2 Å². The number of hydrogen-bond acceptors (Lipinski definition) is 2. The lowest BCUT2D eigenvalue weighted by Gasteiger charge is -2.00. The third-order valence-electron chi connectivity index (χ3n) is 2.36. The summed E-state index contributed by atoms with van der Waals surface area (Å²) in [6, 6.07) is 4.08. The van der Waals surface area contributed by atoms with Crippen molar-refractivity contribution in [2.75, 3.05) is 13.7 Å². The Morgan fingerprint density at radius 2 is 2.33 bits per heavy atom. The van der Waals surface area contributed by atoms with Crippen molar-refractivity contribution in [3.8, 4) is 0 Å². The predicted octanol–water partition coefficient (Wildman–Crippen LogP) is 2.49. The summed E-state index contributed by atoms with van der Waals surface area (Å²) in [6.07, 6.45) is 2.77. The van der Waals surface area contributed by atoms with Crippen molar-refractivity contribution in [3.05, 3.63) is 34.9 Å². The van der Waals surface area contributed by atoms with Crippen LogP contribution >= 0.6 is 11.6 Å². The van der Waals surface area contributed by atoms with Crippen LogP contribution in [0.4, 0.5) is 0 Å². The van der Waals surface area contributed by atoms with Crippen LogP contribution in [0.3, 0.4) is 0 Å². The Kier molecular flexibility index (Phi) is 2.93. The molecule has 0 fully saturated rings. The van der Waals surface area contributed by atoms with Gasteiger partial charge in [-0.05, 0) is 24.6 Å². The van der Waals surface area contributed by atoms with E-state index in [2.05, 4.69) is 4.98 Å². The Balaban J connectivity index is 2.48. The van der Waals surface area contributed by atoms with E-state index in [-0.39, 0.29) is 0 Å². The van der Waals surface area contributed by atoms with Crippen LogP contribution < -0.4 is 0 Å². The van der Waals surface area contributed by atoms with Gasteiger partial charge >= 0.3 is 0 Å². The van der Waals surface area contributed by atoms with Crippen LogP contribution in [0.1, 0.15) is 11.4 Å². The number of fused-ring (bicyclic) bond motifs is 1. The lowest BCUT2D eigenvalue weighted by molar-refractivity contribution is 0.200. The van der Waals surface area contributed by atoms with Gasteiger partial charge in [-0.1, -0.05) is 11.6 Å². The first-order valence-electron chi connectivity index (χ1n) is 4.84. The Hall–Kier alpha value is -1.06. The second-order valence-corrected chi connectivity index (χ2v) is 3.88. The summed E-state index contributed by atoms with van der Waals surface area (Å²) in [5, 5.41) is 0.560. The molecule has 0 aromatic carbocycles. The molecule has 2 aromatic heterocycles. The van der Waals surface area contributed by atoms with Crippen molar-refractivity contribution in [1.82, 2.24) is 9.38 Å².